The molecule has 15 heavy (non-hydrogen) atoms. The Morgan fingerprint density at radius 2 is 1.67 bits per heavy atom. The standard InChI is InChI=1S/C10H15N3.C2H6/c1-2-9-7-11-10(12-8-9)13-5-3-4-6-13;1-2/h7-8H,2-6H2,1H3;1-2H3. The molecule has 2 heterocycles. The van der Waals surface area contributed by atoms with E-state index >= 15 is 0 Å². The fraction of sp³-hybridized carbons (Fsp3) is 0.667. The van der Waals surface area contributed by atoms with Gasteiger partial charge in [-0.1, -0.05) is 20.8 Å². The zero-order valence-corrected chi connectivity index (χ0v) is 10.0. The van der Waals surface area contributed by atoms with Crippen molar-refractivity contribution in [2.24, 2.45) is 0 Å². The molecule has 0 spiro atoms. The van der Waals surface area contributed by atoms with Gasteiger partial charge in [-0.15, -0.1) is 0 Å². The van der Waals surface area contributed by atoms with Crippen LogP contribution in [0.3, 0.4) is 0 Å². The Labute approximate surface area is 92.6 Å². The highest BCUT2D eigenvalue weighted by atomic mass is 15.3. The molecule has 1 aromatic heterocycles. The summed E-state index contributed by atoms with van der Waals surface area (Å²) in [7, 11) is 0. The van der Waals surface area contributed by atoms with E-state index in [0.29, 0.717) is 0 Å². The molecule has 0 bridgehead atoms. The predicted molar refractivity (Wildman–Crippen MR) is 64.2 cm³/mol. The SMILES string of the molecule is CC.CCc1cnc(N2CCCC2)nc1. The number of aromatic nitrogens is 2. The van der Waals surface area contributed by atoms with Gasteiger partial charge in [0.1, 0.15) is 0 Å². The third-order valence-electron chi connectivity index (χ3n) is 2.49. The molecule has 3 heteroatoms. The Bertz CT molecular complexity index is 263. The van der Waals surface area contributed by atoms with Crippen molar-refractivity contribution in [3.05, 3.63) is 18.0 Å². The van der Waals surface area contributed by atoms with E-state index in [-0.39, 0.29) is 0 Å². The Morgan fingerprint density at radius 1 is 1.13 bits per heavy atom. The van der Waals surface area contributed by atoms with Crippen molar-refractivity contribution in [3.63, 3.8) is 0 Å². The zero-order valence-electron chi connectivity index (χ0n) is 10.0. The highest BCUT2D eigenvalue weighted by Crippen LogP contribution is 2.14. The summed E-state index contributed by atoms with van der Waals surface area (Å²) in [5, 5.41) is 0. The number of nitrogens with zero attached hydrogens (tertiary/aromatic N) is 3. The molecule has 0 radical (unpaired) electrons. The lowest BCUT2D eigenvalue weighted by Gasteiger charge is -2.14. The molecule has 1 aliphatic heterocycles. The van der Waals surface area contributed by atoms with Crippen LogP contribution in [0.5, 0.6) is 0 Å². The van der Waals surface area contributed by atoms with Crippen molar-refractivity contribution < 1.29 is 0 Å². The van der Waals surface area contributed by atoms with E-state index in [1.807, 2.05) is 26.2 Å². The molecule has 0 atom stereocenters. The number of aryl methyl sites for hydroxylation is 1. The molecule has 1 saturated heterocycles. The lowest BCUT2D eigenvalue weighted by Crippen LogP contribution is -2.20. The maximum absolute atomic E-state index is 4.35. The second-order valence-electron chi connectivity index (χ2n) is 3.44. The fourth-order valence-electron chi connectivity index (χ4n) is 1.61. The van der Waals surface area contributed by atoms with E-state index in [1.165, 1.54) is 18.4 Å². The Morgan fingerprint density at radius 3 is 2.13 bits per heavy atom. The largest absolute Gasteiger partial charge is 0.341 e. The third kappa shape index (κ3) is 3.18. The van der Waals surface area contributed by atoms with Crippen LogP contribution in [0, 0.1) is 0 Å². The van der Waals surface area contributed by atoms with Gasteiger partial charge in [0.2, 0.25) is 5.95 Å². The molecule has 2 rings (SSSR count). The van der Waals surface area contributed by atoms with Gasteiger partial charge in [0, 0.05) is 25.5 Å². The van der Waals surface area contributed by atoms with Gasteiger partial charge in [-0.05, 0) is 24.8 Å². The molecule has 1 fully saturated rings. The van der Waals surface area contributed by atoms with Gasteiger partial charge < -0.3 is 4.90 Å². The summed E-state index contributed by atoms with van der Waals surface area (Å²) >= 11 is 0. The highest BCUT2D eigenvalue weighted by molar-refractivity contribution is 5.30. The average Bonchev–Trinajstić information content (AvgIpc) is 2.85. The predicted octanol–water partition coefficient (Wildman–Crippen LogP) is 2.67. The smallest absolute Gasteiger partial charge is 0.225 e. The molecule has 1 aliphatic rings. The number of anilines is 1. The lowest BCUT2D eigenvalue weighted by molar-refractivity contribution is 0.888. The molecule has 0 unspecified atom stereocenters. The summed E-state index contributed by atoms with van der Waals surface area (Å²) in [6.07, 6.45) is 7.43. The van der Waals surface area contributed by atoms with E-state index in [9.17, 15) is 0 Å². The van der Waals surface area contributed by atoms with Crippen LogP contribution in [-0.4, -0.2) is 23.1 Å². The van der Waals surface area contributed by atoms with Gasteiger partial charge in [0.25, 0.3) is 0 Å². The van der Waals surface area contributed by atoms with Gasteiger partial charge >= 0.3 is 0 Å². The van der Waals surface area contributed by atoms with Crippen molar-refractivity contribution in [2.75, 3.05) is 18.0 Å². The van der Waals surface area contributed by atoms with Crippen molar-refractivity contribution >= 4 is 5.95 Å². The molecule has 0 N–H and O–H groups in total. The maximum Gasteiger partial charge on any atom is 0.225 e. The number of rotatable bonds is 2. The molecular weight excluding hydrogens is 186 g/mol. The van der Waals surface area contributed by atoms with Crippen molar-refractivity contribution in [1.29, 1.82) is 0 Å². The first-order valence-corrected chi connectivity index (χ1v) is 5.96. The van der Waals surface area contributed by atoms with Crippen molar-refractivity contribution in [3.8, 4) is 0 Å². The van der Waals surface area contributed by atoms with Gasteiger partial charge in [-0.25, -0.2) is 9.97 Å². The van der Waals surface area contributed by atoms with Crippen LogP contribution in [0.15, 0.2) is 12.4 Å². The summed E-state index contributed by atoms with van der Waals surface area (Å²) in [6, 6.07) is 0. The minimum Gasteiger partial charge on any atom is -0.341 e. The Balaban J connectivity index is 0.000000531. The van der Waals surface area contributed by atoms with Gasteiger partial charge in [-0.3, -0.25) is 0 Å². The van der Waals surface area contributed by atoms with Crippen molar-refractivity contribution in [1.82, 2.24) is 9.97 Å². The molecule has 3 nitrogen and oxygen atoms in total. The summed E-state index contributed by atoms with van der Waals surface area (Å²) in [4.78, 5) is 10.9. The second-order valence-corrected chi connectivity index (χ2v) is 3.44. The molecular formula is C12H21N3. The Hall–Kier alpha value is -1.12. The van der Waals surface area contributed by atoms with Crippen LogP contribution in [0.2, 0.25) is 0 Å². The summed E-state index contributed by atoms with van der Waals surface area (Å²) in [5.41, 5.74) is 1.21. The number of hydrogen-bond donors (Lipinski definition) is 0. The van der Waals surface area contributed by atoms with Crippen molar-refractivity contribution in [2.45, 2.75) is 40.0 Å². The van der Waals surface area contributed by atoms with E-state index < -0.39 is 0 Å². The molecule has 84 valence electrons. The first kappa shape index (κ1) is 12.0. The summed E-state index contributed by atoms with van der Waals surface area (Å²) < 4.78 is 0. The zero-order chi connectivity index (χ0) is 11.1. The molecule has 0 saturated carbocycles. The van der Waals surface area contributed by atoms with Crippen LogP contribution >= 0.6 is 0 Å². The molecule has 0 amide bonds. The van der Waals surface area contributed by atoms with Gasteiger partial charge in [-0.2, -0.15) is 0 Å². The molecule has 0 aromatic carbocycles. The first-order chi connectivity index (χ1) is 7.40. The highest BCUT2D eigenvalue weighted by Gasteiger charge is 2.13. The minimum absolute atomic E-state index is 0.898. The van der Waals surface area contributed by atoms with Crippen LogP contribution in [-0.2, 0) is 6.42 Å². The lowest BCUT2D eigenvalue weighted by atomic mass is 10.3. The van der Waals surface area contributed by atoms with E-state index in [1.54, 1.807) is 0 Å². The topological polar surface area (TPSA) is 29.0 Å². The average molecular weight is 207 g/mol. The van der Waals surface area contributed by atoms with Crippen LogP contribution in [0.1, 0.15) is 39.2 Å². The maximum atomic E-state index is 4.35. The minimum atomic E-state index is 0.898. The molecule has 1 aromatic rings. The van der Waals surface area contributed by atoms with E-state index in [2.05, 4.69) is 21.8 Å². The van der Waals surface area contributed by atoms with Gasteiger partial charge in [0.15, 0.2) is 0 Å². The summed E-state index contributed by atoms with van der Waals surface area (Å²) in [5.74, 6) is 0.898. The monoisotopic (exact) mass is 207 g/mol. The molecule has 0 aliphatic carbocycles. The van der Waals surface area contributed by atoms with E-state index in [0.717, 1.165) is 25.5 Å². The quantitative estimate of drug-likeness (QED) is 0.746. The third-order valence-corrected chi connectivity index (χ3v) is 2.49. The van der Waals surface area contributed by atoms with Gasteiger partial charge in [0.05, 0.1) is 0 Å². The first-order valence-electron chi connectivity index (χ1n) is 5.96. The van der Waals surface area contributed by atoms with Crippen LogP contribution in [0.25, 0.3) is 0 Å². The van der Waals surface area contributed by atoms with E-state index in [4.69, 9.17) is 0 Å². The van der Waals surface area contributed by atoms with Crippen LogP contribution < -0.4 is 4.90 Å². The normalized spacial score (nSPS) is 14.7. The second kappa shape index (κ2) is 6.38. The Kier molecular flexibility index (Phi) is 5.08. The summed E-state index contributed by atoms with van der Waals surface area (Å²) in [6.45, 7) is 8.35. The van der Waals surface area contributed by atoms with Crippen LogP contribution in [0.4, 0.5) is 5.95 Å². The number of hydrogen-bond acceptors (Lipinski definition) is 3. The fourth-order valence-corrected chi connectivity index (χ4v) is 1.61.